The number of nitrogens with zero attached hydrogens (tertiary/aromatic N) is 1. The molecule has 0 unspecified atom stereocenters. The summed E-state index contributed by atoms with van der Waals surface area (Å²) >= 11 is 6.01. The van der Waals surface area contributed by atoms with Gasteiger partial charge in [0.25, 0.3) is 11.8 Å². The number of ether oxygens (including phenoxy) is 2. The molecule has 4 rings (SSSR count). The Morgan fingerprint density at radius 1 is 1.07 bits per heavy atom. The highest BCUT2D eigenvalue weighted by molar-refractivity contribution is 6.31. The molecular weight excluding hydrogens is 392 g/mol. The maximum Gasteiger partial charge on any atom is 0.261 e. The first-order valence-electron chi connectivity index (χ1n) is 8.82. The third-order valence-electron chi connectivity index (χ3n) is 4.63. The Labute approximate surface area is 172 Å². The predicted molar refractivity (Wildman–Crippen MR) is 112 cm³/mol. The summed E-state index contributed by atoms with van der Waals surface area (Å²) in [5.74, 6) is 0.772. The highest BCUT2D eigenvalue weighted by Crippen LogP contribution is 2.39. The number of nitrogens with one attached hydrogen (secondary N) is 1. The lowest BCUT2D eigenvalue weighted by Gasteiger charge is -2.16. The lowest BCUT2D eigenvalue weighted by molar-refractivity contribution is 0.0989. The van der Waals surface area contributed by atoms with E-state index in [-0.39, 0.29) is 5.91 Å². The van der Waals surface area contributed by atoms with Crippen LogP contribution in [0.3, 0.4) is 0 Å². The molecule has 3 aromatic carbocycles. The molecule has 0 spiro atoms. The van der Waals surface area contributed by atoms with Gasteiger partial charge in [0.15, 0.2) is 5.75 Å². The molecule has 0 bridgehead atoms. The summed E-state index contributed by atoms with van der Waals surface area (Å²) in [6, 6.07) is 17.0. The van der Waals surface area contributed by atoms with Crippen molar-refractivity contribution in [3.63, 3.8) is 0 Å². The Morgan fingerprint density at radius 3 is 2.66 bits per heavy atom. The number of para-hydroxylation sites is 2. The first kappa shape index (κ1) is 18.8. The number of halogens is 1. The number of benzene rings is 3. The van der Waals surface area contributed by atoms with Crippen molar-refractivity contribution in [2.45, 2.75) is 0 Å². The van der Waals surface area contributed by atoms with Gasteiger partial charge < -0.3 is 19.7 Å². The summed E-state index contributed by atoms with van der Waals surface area (Å²) in [5.41, 5.74) is 1.76. The van der Waals surface area contributed by atoms with Crippen LogP contribution in [0, 0.1) is 0 Å². The number of hydrogen-bond donors (Lipinski definition) is 1. The predicted octanol–water partition coefficient (Wildman–Crippen LogP) is 4.98. The molecule has 1 heterocycles. The monoisotopic (exact) mass is 408 g/mol. The number of hydrogen-bond acceptors (Lipinski definition) is 4. The van der Waals surface area contributed by atoms with Gasteiger partial charge in [-0.1, -0.05) is 23.7 Å². The molecule has 7 heteroatoms. The molecule has 0 radical (unpaired) electrons. The van der Waals surface area contributed by atoms with E-state index in [4.69, 9.17) is 21.1 Å². The number of anilines is 2. The lowest BCUT2D eigenvalue weighted by Crippen LogP contribution is -2.25. The van der Waals surface area contributed by atoms with E-state index >= 15 is 0 Å². The van der Waals surface area contributed by atoms with Gasteiger partial charge in [0, 0.05) is 17.8 Å². The van der Waals surface area contributed by atoms with Gasteiger partial charge in [0.05, 0.1) is 23.9 Å². The summed E-state index contributed by atoms with van der Waals surface area (Å²) in [4.78, 5) is 27.2. The van der Waals surface area contributed by atoms with Gasteiger partial charge in [-0.25, -0.2) is 0 Å². The number of fused-ring (bicyclic) bond motifs is 2. The maximum atomic E-state index is 12.9. The first-order chi connectivity index (χ1) is 14.0. The van der Waals surface area contributed by atoms with Gasteiger partial charge in [0.1, 0.15) is 11.5 Å². The number of carbonyl (C=O) groups excluding carboxylic acids is 2. The number of rotatable bonds is 3. The van der Waals surface area contributed by atoms with E-state index in [1.54, 1.807) is 43.4 Å². The quantitative estimate of drug-likeness (QED) is 0.663. The van der Waals surface area contributed by atoms with Crippen molar-refractivity contribution in [2.75, 3.05) is 24.4 Å². The summed E-state index contributed by atoms with van der Waals surface area (Å²) < 4.78 is 11.2. The Bertz CT molecular complexity index is 1130. The van der Waals surface area contributed by atoms with Crippen LogP contribution in [0.25, 0.3) is 0 Å². The molecule has 0 aliphatic carbocycles. The molecule has 6 nitrogen and oxygen atoms in total. The average molecular weight is 409 g/mol. The number of amides is 2. The van der Waals surface area contributed by atoms with Gasteiger partial charge >= 0.3 is 0 Å². The SMILES string of the molecule is COc1ccc(Cl)cc1C(=O)Nc1ccc2c(c1)C(=O)N(C)c1ccccc1O2. The molecule has 0 aromatic heterocycles. The van der Waals surface area contributed by atoms with Crippen molar-refractivity contribution in [1.82, 2.24) is 0 Å². The van der Waals surface area contributed by atoms with E-state index in [9.17, 15) is 9.59 Å². The summed E-state index contributed by atoms with van der Waals surface area (Å²) in [6.45, 7) is 0. The third kappa shape index (κ3) is 3.50. The Kier molecular flexibility index (Phi) is 4.86. The van der Waals surface area contributed by atoms with Crippen LogP contribution in [0.15, 0.2) is 60.7 Å². The smallest absolute Gasteiger partial charge is 0.261 e. The summed E-state index contributed by atoms with van der Waals surface area (Å²) in [5, 5.41) is 3.20. The molecule has 146 valence electrons. The number of methoxy groups -OCH3 is 1. The fourth-order valence-corrected chi connectivity index (χ4v) is 3.32. The third-order valence-corrected chi connectivity index (χ3v) is 4.86. The van der Waals surface area contributed by atoms with Gasteiger partial charge in [-0.2, -0.15) is 0 Å². The Hall–Kier alpha value is -3.51. The van der Waals surface area contributed by atoms with Crippen molar-refractivity contribution in [3.05, 3.63) is 76.8 Å². The zero-order chi connectivity index (χ0) is 20.5. The Morgan fingerprint density at radius 2 is 1.86 bits per heavy atom. The van der Waals surface area contributed by atoms with E-state index in [0.717, 1.165) is 0 Å². The molecule has 1 aliphatic rings. The largest absolute Gasteiger partial charge is 0.496 e. The Balaban J connectivity index is 1.67. The van der Waals surface area contributed by atoms with E-state index < -0.39 is 5.91 Å². The fourth-order valence-electron chi connectivity index (χ4n) is 3.15. The molecular formula is C22H17ClN2O4. The van der Waals surface area contributed by atoms with Crippen molar-refractivity contribution in [3.8, 4) is 17.2 Å². The molecule has 1 aliphatic heterocycles. The van der Waals surface area contributed by atoms with Crippen molar-refractivity contribution in [1.29, 1.82) is 0 Å². The second-order valence-corrected chi connectivity index (χ2v) is 6.88. The summed E-state index contributed by atoms with van der Waals surface area (Å²) in [6.07, 6.45) is 0. The number of carbonyl (C=O) groups is 2. The zero-order valence-corrected chi connectivity index (χ0v) is 16.5. The highest BCUT2D eigenvalue weighted by atomic mass is 35.5. The normalized spacial score (nSPS) is 12.4. The molecule has 0 atom stereocenters. The molecule has 0 saturated carbocycles. The highest BCUT2D eigenvalue weighted by Gasteiger charge is 2.26. The minimum absolute atomic E-state index is 0.235. The van der Waals surface area contributed by atoms with Crippen LogP contribution < -0.4 is 19.7 Å². The topological polar surface area (TPSA) is 67.9 Å². The first-order valence-corrected chi connectivity index (χ1v) is 9.19. The minimum atomic E-state index is -0.400. The molecule has 29 heavy (non-hydrogen) atoms. The molecule has 1 N–H and O–H groups in total. The lowest BCUT2D eigenvalue weighted by atomic mass is 10.1. The minimum Gasteiger partial charge on any atom is -0.496 e. The average Bonchev–Trinajstić information content (AvgIpc) is 2.83. The van der Waals surface area contributed by atoms with Crippen LogP contribution in [-0.4, -0.2) is 26.0 Å². The van der Waals surface area contributed by atoms with Crippen molar-refractivity contribution >= 4 is 34.8 Å². The molecule has 3 aromatic rings. The van der Waals surface area contributed by atoms with E-state index in [1.807, 2.05) is 18.2 Å². The van der Waals surface area contributed by atoms with Gasteiger partial charge in [-0.15, -0.1) is 0 Å². The molecule has 2 amide bonds. The van der Waals surface area contributed by atoms with E-state index in [0.29, 0.717) is 44.8 Å². The van der Waals surface area contributed by atoms with Gasteiger partial charge in [0.2, 0.25) is 0 Å². The zero-order valence-electron chi connectivity index (χ0n) is 15.7. The molecule has 0 saturated heterocycles. The van der Waals surface area contributed by atoms with E-state index in [2.05, 4.69) is 5.32 Å². The second kappa shape index (κ2) is 7.48. The fraction of sp³-hybridized carbons (Fsp3) is 0.0909. The van der Waals surface area contributed by atoms with Crippen LogP contribution in [0.1, 0.15) is 20.7 Å². The standard InChI is InChI=1S/C22H17ClN2O4/c1-25-17-5-3-4-6-20(17)29-19-10-8-14(12-16(19)22(25)27)24-21(26)15-11-13(23)7-9-18(15)28-2/h3-12H,1-2H3,(H,24,26). The van der Waals surface area contributed by atoms with Crippen molar-refractivity contribution < 1.29 is 19.1 Å². The molecule has 0 fully saturated rings. The van der Waals surface area contributed by atoms with Crippen LogP contribution in [-0.2, 0) is 0 Å². The van der Waals surface area contributed by atoms with E-state index in [1.165, 1.54) is 18.1 Å². The van der Waals surface area contributed by atoms with Crippen LogP contribution in [0.2, 0.25) is 5.02 Å². The maximum absolute atomic E-state index is 12.9. The van der Waals surface area contributed by atoms with Crippen LogP contribution >= 0.6 is 11.6 Å². The van der Waals surface area contributed by atoms with Crippen LogP contribution in [0.5, 0.6) is 17.2 Å². The van der Waals surface area contributed by atoms with Gasteiger partial charge in [-0.3, -0.25) is 9.59 Å². The summed E-state index contributed by atoms with van der Waals surface area (Å²) in [7, 11) is 3.16. The second-order valence-electron chi connectivity index (χ2n) is 6.44. The van der Waals surface area contributed by atoms with Crippen LogP contribution in [0.4, 0.5) is 11.4 Å². The van der Waals surface area contributed by atoms with Gasteiger partial charge in [-0.05, 0) is 48.5 Å². The van der Waals surface area contributed by atoms with Crippen molar-refractivity contribution in [2.24, 2.45) is 0 Å².